The summed E-state index contributed by atoms with van der Waals surface area (Å²) in [5, 5.41) is 8.66. The van der Waals surface area contributed by atoms with E-state index in [1.807, 2.05) is 0 Å². The molecular formula is C11H10N2O4S. The SMILES string of the molecule is CN1C(=O)C[C@H](Sc2ncccc2C(=O)O)C1=O. The third kappa shape index (κ3) is 2.21. The van der Waals surface area contributed by atoms with Crippen LogP contribution in [0.5, 0.6) is 0 Å². The van der Waals surface area contributed by atoms with Crippen LogP contribution >= 0.6 is 11.8 Å². The molecule has 0 aliphatic carbocycles. The molecule has 6 nitrogen and oxygen atoms in total. The maximum absolute atomic E-state index is 11.7. The van der Waals surface area contributed by atoms with Crippen LogP contribution in [0.2, 0.25) is 0 Å². The fraction of sp³-hybridized carbons (Fsp3) is 0.273. The number of aromatic nitrogens is 1. The van der Waals surface area contributed by atoms with Gasteiger partial charge >= 0.3 is 5.97 Å². The molecule has 0 saturated carbocycles. The lowest BCUT2D eigenvalue weighted by atomic mass is 10.3. The maximum atomic E-state index is 11.7. The Morgan fingerprint density at radius 1 is 1.56 bits per heavy atom. The van der Waals surface area contributed by atoms with Gasteiger partial charge in [-0.1, -0.05) is 11.8 Å². The Labute approximate surface area is 107 Å². The fourth-order valence-corrected chi connectivity index (χ4v) is 2.75. The normalized spacial score (nSPS) is 19.4. The number of nitrogens with zero attached hydrogens (tertiary/aromatic N) is 2. The van der Waals surface area contributed by atoms with Crippen LogP contribution in [0.25, 0.3) is 0 Å². The number of imide groups is 1. The molecule has 1 aliphatic rings. The lowest BCUT2D eigenvalue weighted by Gasteiger charge is -2.09. The summed E-state index contributed by atoms with van der Waals surface area (Å²) in [5.41, 5.74) is 0.0392. The second-order valence-corrected chi connectivity index (χ2v) is 4.95. The molecule has 0 bridgehead atoms. The van der Waals surface area contributed by atoms with Crippen LogP contribution in [-0.2, 0) is 9.59 Å². The minimum absolute atomic E-state index is 0.0392. The highest BCUT2D eigenvalue weighted by atomic mass is 32.2. The highest BCUT2D eigenvalue weighted by molar-refractivity contribution is 8.00. The maximum Gasteiger partial charge on any atom is 0.338 e. The van der Waals surface area contributed by atoms with Crippen molar-refractivity contribution in [2.75, 3.05) is 7.05 Å². The summed E-state index contributed by atoms with van der Waals surface area (Å²) in [4.78, 5) is 39.1. The van der Waals surface area contributed by atoms with Crippen molar-refractivity contribution in [1.29, 1.82) is 0 Å². The van der Waals surface area contributed by atoms with Crippen molar-refractivity contribution in [3.8, 4) is 0 Å². The number of thioether (sulfide) groups is 1. The number of rotatable bonds is 3. The van der Waals surface area contributed by atoms with Crippen molar-refractivity contribution in [3.63, 3.8) is 0 Å². The monoisotopic (exact) mass is 266 g/mol. The Bertz CT molecular complexity index is 532. The standard InChI is InChI=1S/C11H10N2O4S/c1-13-8(14)5-7(10(13)15)18-9-6(11(16)17)3-2-4-12-9/h2-4,7H,5H2,1H3,(H,16,17)/t7-/m0/s1. The van der Waals surface area contributed by atoms with E-state index >= 15 is 0 Å². The minimum Gasteiger partial charge on any atom is -0.478 e. The lowest BCUT2D eigenvalue weighted by Crippen LogP contribution is -2.26. The van der Waals surface area contributed by atoms with Crippen molar-refractivity contribution in [2.24, 2.45) is 0 Å². The predicted octanol–water partition coefficient (Wildman–Crippen LogP) is 0.629. The predicted molar refractivity (Wildman–Crippen MR) is 63.2 cm³/mol. The van der Waals surface area contributed by atoms with E-state index < -0.39 is 11.2 Å². The van der Waals surface area contributed by atoms with Crippen molar-refractivity contribution >= 4 is 29.5 Å². The quantitative estimate of drug-likeness (QED) is 0.807. The molecule has 1 aliphatic heterocycles. The molecule has 0 spiro atoms. The van der Waals surface area contributed by atoms with Crippen LogP contribution in [0.4, 0.5) is 0 Å². The molecule has 1 fully saturated rings. The fourth-order valence-electron chi connectivity index (χ4n) is 1.60. The van der Waals surface area contributed by atoms with Crippen LogP contribution in [0.15, 0.2) is 23.4 Å². The molecule has 1 aromatic rings. The first-order valence-corrected chi connectivity index (χ1v) is 6.04. The summed E-state index contributed by atoms with van der Waals surface area (Å²) in [7, 11) is 1.42. The zero-order chi connectivity index (χ0) is 13.3. The molecule has 18 heavy (non-hydrogen) atoms. The van der Waals surface area contributed by atoms with Crippen molar-refractivity contribution < 1.29 is 19.5 Å². The first-order chi connectivity index (χ1) is 8.50. The van der Waals surface area contributed by atoms with Gasteiger partial charge in [0.25, 0.3) is 0 Å². The molecule has 7 heteroatoms. The number of hydrogen-bond acceptors (Lipinski definition) is 5. The van der Waals surface area contributed by atoms with Gasteiger partial charge in [0.2, 0.25) is 11.8 Å². The Morgan fingerprint density at radius 2 is 2.28 bits per heavy atom. The first kappa shape index (κ1) is 12.6. The molecule has 2 rings (SSSR count). The van der Waals surface area contributed by atoms with E-state index in [9.17, 15) is 14.4 Å². The number of likely N-dealkylation sites (tertiary alicyclic amines) is 1. The smallest absolute Gasteiger partial charge is 0.338 e. The zero-order valence-electron chi connectivity index (χ0n) is 9.49. The third-order valence-corrected chi connectivity index (χ3v) is 3.80. The summed E-state index contributed by atoms with van der Waals surface area (Å²) < 4.78 is 0. The van der Waals surface area contributed by atoms with Crippen LogP contribution in [-0.4, -0.2) is 45.1 Å². The molecule has 1 saturated heterocycles. The van der Waals surface area contributed by atoms with Crippen LogP contribution in [0, 0.1) is 0 Å². The van der Waals surface area contributed by atoms with Gasteiger partial charge in [0.1, 0.15) is 5.03 Å². The summed E-state index contributed by atoms with van der Waals surface area (Å²) in [5.74, 6) is -1.67. The second-order valence-electron chi connectivity index (χ2n) is 3.76. The van der Waals surface area contributed by atoms with E-state index in [2.05, 4.69) is 4.98 Å². The van der Waals surface area contributed by atoms with E-state index in [1.165, 1.54) is 25.4 Å². The summed E-state index contributed by atoms with van der Waals surface area (Å²) in [6.07, 6.45) is 1.54. The van der Waals surface area contributed by atoms with Gasteiger partial charge in [0.15, 0.2) is 0 Å². The van der Waals surface area contributed by atoms with E-state index in [0.717, 1.165) is 16.7 Å². The number of carboxylic acid groups (broad SMARTS) is 1. The largest absolute Gasteiger partial charge is 0.478 e. The van der Waals surface area contributed by atoms with Crippen molar-refractivity contribution in [3.05, 3.63) is 23.9 Å². The van der Waals surface area contributed by atoms with Gasteiger partial charge in [-0.25, -0.2) is 9.78 Å². The zero-order valence-corrected chi connectivity index (χ0v) is 10.3. The van der Waals surface area contributed by atoms with Gasteiger partial charge < -0.3 is 5.11 Å². The number of hydrogen-bond donors (Lipinski definition) is 1. The van der Waals surface area contributed by atoms with Crippen molar-refractivity contribution in [2.45, 2.75) is 16.7 Å². The molecule has 1 atom stereocenters. The number of aromatic carboxylic acids is 1. The highest BCUT2D eigenvalue weighted by Crippen LogP contribution is 2.31. The molecule has 1 aromatic heterocycles. The van der Waals surface area contributed by atoms with Gasteiger partial charge in [-0.2, -0.15) is 0 Å². The average Bonchev–Trinajstić information content (AvgIpc) is 2.57. The van der Waals surface area contributed by atoms with E-state index in [4.69, 9.17) is 5.11 Å². The molecule has 1 N–H and O–H groups in total. The van der Waals surface area contributed by atoms with Crippen LogP contribution in [0.1, 0.15) is 16.8 Å². The van der Waals surface area contributed by atoms with E-state index in [0.29, 0.717) is 0 Å². The van der Waals surface area contributed by atoms with Crippen molar-refractivity contribution in [1.82, 2.24) is 9.88 Å². The Kier molecular flexibility index (Phi) is 3.33. The third-order valence-electron chi connectivity index (χ3n) is 2.60. The molecule has 2 amide bonds. The van der Waals surface area contributed by atoms with Gasteiger partial charge in [-0.15, -0.1) is 0 Å². The van der Waals surface area contributed by atoms with Crippen LogP contribution in [0.3, 0.4) is 0 Å². The molecule has 2 heterocycles. The topological polar surface area (TPSA) is 87.6 Å². The lowest BCUT2D eigenvalue weighted by molar-refractivity contribution is -0.136. The number of pyridine rings is 1. The van der Waals surface area contributed by atoms with Crippen LogP contribution < -0.4 is 0 Å². The molecule has 0 unspecified atom stereocenters. The minimum atomic E-state index is -1.10. The Balaban J connectivity index is 2.23. The Morgan fingerprint density at radius 3 is 2.83 bits per heavy atom. The molecule has 94 valence electrons. The number of carbonyl (C=O) groups excluding carboxylic acids is 2. The number of amides is 2. The Hall–Kier alpha value is -1.89. The summed E-state index contributed by atoms with van der Waals surface area (Å²) in [6, 6.07) is 2.93. The highest BCUT2D eigenvalue weighted by Gasteiger charge is 2.37. The summed E-state index contributed by atoms with van der Waals surface area (Å²) in [6.45, 7) is 0. The average molecular weight is 266 g/mol. The second kappa shape index (κ2) is 4.77. The number of carboxylic acids is 1. The van der Waals surface area contributed by atoms with E-state index in [-0.39, 0.29) is 28.8 Å². The van der Waals surface area contributed by atoms with Gasteiger partial charge in [0.05, 0.1) is 10.8 Å². The van der Waals surface area contributed by atoms with Gasteiger partial charge in [-0.3, -0.25) is 14.5 Å². The number of carbonyl (C=O) groups is 3. The summed E-state index contributed by atoms with van der Waals surface area (Å²) >= 11 is 1.02. The molecule has 0 radical (unpaired) electrons. The first-order valence-electron chi connectivity index (χ1n) is 5.16. The van der Waals surface area contributed by atoms with Gasteiger partial charge in [0, 0.05) is 19.7 Å². The molecular weight excluding hydrogens is 256 g/mol. The van der Waals surface area contributed by atoms with Gasteiger partial charge in [-0.05, 0) is 12.1 Å². The molecule has 0 aromatic carbocycles. The van der Waals surface area contributed by atoms with E-state index in [1.54, 1.807) is 0 Å².